The predicted molar refractivity (Wildman–Crippen MR) is 59.9 cm³/mol. The number of hydrogen-bond donors (Lipinski definition) is 1. The minimum Gasteiger partial charge on any atom is -0.436 e. The number of halogens is 1. The van der Waals surface area contributed by atoms with Gasteiger partial charge in [-0.3, -0.25) is 0 Å². The van der Waals surface area contributed by atoms with Gasteiger partial charge < -0.3 is 10.5 Å². The van der Waals surface area contributed by atoms with Crippen molar-refractivity contribution in [3.63, 3.8) is 0 Å². The van der Waals surface area contributed by atoms with Gasteiger partial charge in [-0.05, 0) is 24.6 Å². The predicted octanol–water partition coefficient (Wildman–Crippen LogP) is 2.90. The van der Waals surface area contributed by atoms with Crippen molar-refractivity contribution in [1.82, 2.24) is 4.98 Å². The van der Waals surface area contributed by atoms with Crippen molar-refractivity contribution in [1.29, 1.82) is 0 Å². The number of anilines is 1. The van der Waals surface area contributed by atoms with Crippen LogP contribution in [-0.4, -0.2) is 4.98 Å². The van der Waals surface area contributed by atoms with Crippen LogP contribution >= 0.6 is 0 Å². The second-order valence-electron chi connectivity index (χ2n) is 3.39. The van der Waals surface area contributed by atoms with E-state index in [1.54, 1.807) is 43.3 Å². The second kappa shape index (κ2) is 4.18. The molecule has 4 heteroatoms. The zero-order valence-electron chi connectivity index (χ0n) is 8.77. The summed E-state index contributed by atoms with van der Waals surface area (Å²) in [6.45, 7) is 1.68. The molecule has 16 heavy (non-hydrogen) atoms. The highest BCUT2D eigenvalue weighted by atomic mass is 19.1. The lowest BCUT2D eigenvalue weighted by molar-refractivity contribution is 0.426. The maximum absolute atomic E-state index is 13.6. The Morgan fingerprint density at radius 2 is 1.94 bits per heavy atom. The Labute approximate surface area is 92.7 Å². The molecule has 3 nitrogen and oxygen atoms in total. The first-order valence-corrected chi connectivity index (χ1v) is 4.82. The minimum absolute atomic E-state index is 0.151. The largest absolute Gasteiger partial charge is 0.436 e. The van der Waals surface area contributed by atoms with Gasteiger partial charge in [-0.25, -0.2) is 4.39 Å². The Balaban J connectivity index is 2.31. The highest BCUT2D eigenvalue weighted by Crippen LogP contribution is 2.25. The molecule has 0 fully saturated rings. The van der Waals surface area contributed by atoms with E-state index in [9.17, 15) is 4.39 Å². The molecule has 0 spiro atoms. The van der Waals surface area contributed by atoms with Gasteiger partial charge in [0, 0.05) is 6.07 Å². The summed E-state index contributed by atoms with van der Waals surface area (Å²) >= 11 is 0. The number of aromatic nitrogens is 1. The molecule has 2 aromatic rings. The van der Waals surface area contributed by atoms with E-state index < -0.39 is 0 Å². The summed E-state index contributed by atoms with van der Waals surface area (Å²) in [4.78, 5) is 3.93. The Morgan fingerprint density at radius 1 is 1.19 bits per heavy atom. The third kappa shape index (κ3) is 2.11. The van der Waals surface area contributed by atoms with Crippen LogP contribution < -0.4 is 10.5 Å². The van der Waals surface area contributed by atoms with E-state index in [2.05, 4.69) is 4.98 Å². The van der Waals surface area contributed by atoms with Crippen LogP contribution in [-0.2, 0) is 0 Å². The van der Waals surface area contributed by atoms with Crippen molar-refractivity contribution in [2.24, 2.45) is 0 Å². The molecule has 0 bridgehead atoms. The van der Waals surface area contributed by atoms with Crippen LogP contribution in [0.15, 0.2) is 36.4 Å². The van der Waals surface area contributed by atoms with Gasteiger partial charge in [-0.2, -0.15) is 4.98 Å². The fraction of sp³-hybridized carbons (Fsp3) is 0.0833. The number of aryl methyl sites for hydroxylation is 1. The Bertz CT molecular complexity index is 514. The van der Waals surface area contributed by atoms with Crippen molar-refractivity contribution in [3.8, 4) is 11.6 Å². The van der Waals surface area contributed by atoms with Crippen molar-refractivity contribution >= 4 is 5.82 Å². The van der Waals surface area contributed by atoms with Crippen LogP contribution in [0.2, 0.25) is 0 Å². The molecular weight excluding hydrogens is 207 g/mol. The molecule has 82 valence electrons. The monoisotopic (exact) mass is 218 g/mol. The number of nitrogens with two attached hydrogens (primary N) is 1. The summed E-state index contributed by atoms with van der Waals surface area (Å²) in [7, 11) is 0. The van der Waals surface area contributed by atoms with Gasteiger partial charge in [-0.1, -0.05) is 18.2 Å². The average Bonchev–Trinajstić information content (AvgIpc) is 2.25. The fourth-order valence-corrected chi connectivity index (χ4v) is 1.30. The summed E-state index contributed by atoms with van der Waals surface area (Å²) in [5.74, 6) is 0.389. The van der Waals surface area contributed by atoms with E-state index in [-0.39, 0.29) is 17.4 Å². The Kier molecular flexibility index (Phi) is 2.72. The van der Waals surface area contributed by atoms with E-state index in [1.807, 2.05) is 0 Å². The Hall–Kier alpha value is -2.10. The minimum atomic E-state index is -0.383. The molecule has 0 aliphatic heterocycles. The third-order valence-corrected chi connectivity index (χ3v) is 2.12. The lowest BCUT2D eigenvalue weighted by Crippen LogP contribution is -1.95. The maximum atomic E-state index is 13.6. The van der Waals surface area contributed by atoms with Crippen molar-refractivity contribution in [2.45, 2.75) is 6.92 Å². The van der Waals surface area contributed by atoms with Gasteiger partial charge in [0.05, 0.1) is 0 Å². The zero-order chi connectivity index (χ0) is 11.5. The molecule has 2 N–H and O–H groups in total. The molecular formula is C12H11FN2O. The molecule has 0 saturated heterocycles. The van der Waals surface area contributed by atoms with Gasteiger partial charge >= 0.3 is 0 Å². The molecule has 1 aromatic carbocycles. The maximum Gasteiger partial charge on any atom is 0.221 e. The topological polar surface area (TPSA) is 48.1 Å². The molecule has 0 atom stereocenters. The molecule has 0 radical (unpaired) electrons. The highest BCUT2D eigenvalue weighted by molar-refractivity contribution is 5.36. The SMILES string of the molecule is Cc1cccc(Oc2cccc(N)n2)c1F. The average molecular weight is 218 g/mol. The molecule has 0 aliphatic rings. The van der Waals surface area contributed by atoms with Gasteiger partial charge in [0.2, 0.25) is 5.88 Å². The van der Waals surface area contributed by atoms with Crippen LogP contribution in [0.1, 0.15) is 5.56 Å². The van der Waals surface area contributed by atoms with Crippen LogP contribution in [0.4, 0.5) is 10.2 Å². The number of ether oxygens (including phenoxy) is 1. The first-order chi connectivity index (χ1) is 7.66. The standard InChI is InChI=1S/C12H11FN2O/c1-8-4-2-5-9(12(8)13)16-11-7-3-6-10(14)15-11/h2-7H,1H3,(H2,14,15). The van der Waals surface area contributed by atoms with Gasteiger partial charge in [0.1, 0.15) is 5.82 Å². The van der Waals surface area contributed by atoms with E-state index in [0.717, 1.165) is 0 Å². The molecule has 2 rings (SSSR count). The summed E-state index contributed by atoms with van der Waals surface area (Å²) < 4.78 is 18.9. The van der Waals surface area contributed by atoms with E-state index >= 15 is 0 Å². The summed E-state index contributed by atoms with van der Waals surface area (Å²) in [6.07, 6.45) is 0. The second-order valence-corrected chi connectivity index (χ2v) is 3.39. The molecule has 0 aliphatic carbocycles. The molecule has 0 unspecified atom stereocenters. The van der Waals surface area contributed by atoms with E-state index in [1.165, 1.54) is 0 Å². The highest BCUT2D eigenvalue weighted by Gasteiger charge is 2.07. The van der Waals surface area contributed by atoms with Crippen LogP contribution in [0.25, 0.3) is 0 Å². The van der Waals surface area contributed by atoms with Crippen LogP contribution in [0.5, 0.6) is 11.6 Å². The molecule has 1 aromatic heterocycles. The third-order valence-electron chi connectivity index (χ3n) is 2.12. The number of benzene rings is 1. The number of hydrogen-bond acceptors (Lipinski definition) is 3. The Morgan fingerprint density at radius 3 is 2.69 bits per heavy atom. The van der Waals surface area contributed by atoms with Gasteiger partial charge in [-0.15, -0.1) is 0 Å². The number of pyridine rings is 1. The molecule has 0 amide bonds. The van der Waals surface area contributed by atoms with Gasteiger partial charge in [0.15, 0.2) is 11.6 Å². The number of rotatable bonds is 2. The lowest BCUT2D eigenvalue weighted by Gasteiger charge is -2.07. The summed E-state index contributed by atoms with van der Waals surface area (Å²) in [5, 5.41) is 0. The molecule has 0 saturated carbocycles. The zero-order valence-corrected chi connectivity index (χ0v) is 8.77. The number of nitrogen functional groups attached to an aromatic ring is 1. The smallest absolute Gasteiger partial charge is 0.221 e. The van der Waals surface area contributed by atoms with E-state index in [0.29, 0.717) is 11.4 Å². The fourth-order valence-electron chi connectivity index (χ4n) is 1.30. The lowest BCUT2D eigenvalue weighted by atomic mass is 10.2. The van der Waals surface area contributed by atoms with Crippen molar-refractivity contribution < 1.29 is 9.13 Å². The quantitative estimate of drug-likeness (QED) is 0.843. The summed E-state index contributed by atoms with van der Waals surface area (Å²) in [6, 6.07) is 9.91. The van der Waals surface area contributed by atoms with Crippen molar-refractivity contribution in [2.75, 3.05) is 5.73 Å². The van der Waals surface area contributed by atoms with E-state index in [4.69, 9.17) is 10.5 Å². The summed E-state index contributed by atoms with van der Waals surface area (Å²) in [5.41, 5.74) is 6.02. The number of nitrogens with zero attached hydrogens (tertiary/aromatic N) is 1. The van der Waals surface area contributed by atoms with Gasteiger partial charge in [0.25, 0.3) is 0 Å². The normalized spacial score (nSPS) is 10.1. The van der Waals surface area contributed by atoms with Crippen molar-refractivity contribution in [3.05, 3.63) is 47.8 Å². The molecule has 1 heterocycles. The first kappa shape index (κ1) is 10.4. The van der Waals surface area contributed by atoms with Crippen LogP contribution in [0, 0.1) is 12.7 Å². The van der Waals surface area contributed by atoms with Crippen LogP contribution in [0.3, 0.4) is 0 Å². The first-order valence-electron chi connectivity index (χ1n) is 4.82.